The molecule has 2 atom stereocenters. The number of nitrogens with zero attached hydrogens (tertiary/aromatic N) is 2. The monoisotopic (exact) mass is 320 g/mol. The van der Waals surface area contributed by atoms with Crippen molar-refractivity contribution in [2.24, 2.45) is 4.99 Å². The number of carbonyl (C=O) groups excluding carboxylic acids is 2. The Labute approximate surface area is 135 Å². The summed E-state index contributed by atoms with van der Waals surface area (Å²) < 4.78 is 6.48. The Kier molecular flexibility index (Phi) is 2.28. The smallest absolute Gasteiger partial charge is 0.346 e. The second kappa shape index (κ2) is 4.08. The first-order valence-electron chi connectivity index (χ1n) is 7.77. The maximum Gasteiger partial charge on any atom is 0.346 e. The number of rotatable bonds is 0. The Bertz CT molecular complexity index is 1200. The van der Waals surface area contributed by atoms with Crippen LogP contribution >= 0.6 is 0 Å². The average molecular weight is 320 g/mol. The number of esters is 2. The topological polar surface area (TPSA) is 77.7 Å². The van der Waals surface area contributed by atoms with Gasteiger partial charge in [0.15, 0.2) is 0 Å². The Hall–Kier alpha value is -3.02. The molecule has 24 heavy (non-hydrogen) atoms. The minimum atomic E-state index is -0.679. The number of hydrogen-bond donors (Lipinski definition) is 0. The van der Waals surface area contributed by atoms with Gasteiger partial charge in [-0.1, -0.05) is 0 Å². The molecule has 2 unspecified atom stereocenters. The van der Waals surface area contributed by atoms with Crippen molar-refractivity contribution in [3.63, 3.8) is 0 Å². The van der Waals surface area contributed by atoms with Gasteiger partial charge in [0.1, 0.15) is 5.49 Å². The van der Waals surface area contributed by atoms with E-state index in [1.807, 2.05) is 13.8 Å². The molecule has 0 amide bonds. The van der Waals surface area contributed by atoms with E-state index in [-0.39, 0.29) is 17.6 Å². The number of fused-ring (bicyclic) bond motifs is 2. The molecule has 2 aromatic carbocycles. The number of benzene rings is 2. The Morgan fingerprint density at radius 1 is 0.917 bits per heavy atom. The third kappa shape index (κ3) is 1.37. The first kappa shape index (κ1) is 13.4. The van der Waals surface area contributed by atoms with Gasteiger partial charge in [0.25, 0.3) is 5.56 Å². The zero-order chi connectivity index (χ0) is 16.7. The van der Waals surface area contributed by atoms with Gasteiger partial charge in [-0.15, -0.1) is 0 Å². The van der Waals surface area contributed by atoms with Crippen LogP contribution in [0.1, 0.15) is 40.6 Å². The zero-order valence-electron chi connectivity index (χ0n) is 13.0. The van der Waals surface area contributed by atoms with Crippen LogP contribution in [0.5, 0.6) is 0 Å². The van der Waals surface area contributed by atoms with Crippen molar-refractivity contribution >= 4 is 33.5 Å². The van der Waals surface area contributed by atoms with Crippen LogP contribution in [0.25, 0.3) is 21.5 Å². The summed E-state index contributed by atoms with van der Waals surface area (Å²) in [5.41, 5.74) is 1.09. The summed E-state index contributed by atoms with van der Waals surface area (Å²) in [6.45, 7) is 3.93. The quantitative estimate of drug-likeness (QED) is 0.467. The van der Waals surface area contributed by atoms with Gasteiger partial charge in [0.2, 0.25) is 0 Å². The van der Waals surface area contributed by atoms with Gasteiger partial charge in [0.05, 0.1) is 23.2 Å². The van der Waals surface area contributed by atoms with E-state index < -0.39 is 11.9 Å². The summed E-state index contributed by atoms with van der Waals surface area (Å²) in [5, 5.41) is 2.39. The SMILES string of the molecule is CC1N=c2c3ccc4c5c(ccc(c(=O)n2C1C)c53)C(=O)OC4=O. The molecule has 6 heteroatoms. The van der Waals surface area contributed by atoms with Gasteiger partial charge >= 0.3 is 11.9 Å². The largest absolute Gasteiger partial charge is 0.386 e. The lowest BCUT2D eigenvalue weighted by atomic mass is 9.92. The van der Waals surface area contributed by atoms with E-state index in [9.17, 15) is 14.4 Å². The molecule has 6 nitrogen and oxygen atoms in total. The van der Waals surface area contributed by atoms with Crippen molar-refractivity contribution in [3.8, 4) is 0 Å². The van der Waals surface area contributed by atoms with Crippen LogP contribution in [0.2, 0.25) is 0 Å². The molecule has 0 fully saturated rings. The summed E-state index contributed by atoms with van der Waals surface area (Å²) in [5.74, 6) is -1.36. The van der Waals surface area contributed by atoms with Crippen molar-refractivity contribution in [2.45, 2.75) is 25.9 Å². The van der Waals surface area contributed by atoms with Crippen molar-refractivity contribution in [3.05, 3.63) is 51.2 Å². The first-order chi connectivity index (χ1) is 11.5. The van der Waals surface area contributed by atoms with Crippen LogP contribution in [0.4, 0.5) is 0 Å². The first-order valence-corrected chi connectivity index (χ1v) is 7.77. The predicted octanol–water partition coefficient (Wildman–Crippen LogP) is 1.77. The molecule has 0 saturated carbocycles. The van der Waals surface area contributed by atoms with E-state index in [0.29, 0.717) is 32.8 Å². The van der Waals surface area contributed by atoms with Crippen LogP contribution in [0, 0.1) is 0 Å². The van der Waals surface area contributed by atoms with E-state index in [0.717, 1.165) is 5.39 Å². The number of ether oxygens (including phenoxy) is 1. The number of carbonyl (C=O) groups is 2. The molecule has 1 aromatic heterocycles. The molecule has 0 aliphatic carbocycles. The second-order valence-electron chi connectivity index (χ2n) is 6.36. The summed E-state index contributed by atoms with van der Waals surface area (Å²) in [4.78, 5) is 41.7. The number of hydrogen-bond acceptors (Lipinski definition) is 5. The lowest BCUT2D eigenvalue weighted by Crippen LogP contribution is -2.34. The highest BCUT2D eigenvalue weighted by atomic mass is 16.6. The molecule has 118 valence electrons. The van der Waals surface area contributed by atoms with E-state index in [1.54, 1.807) is 28.8 Å². The molecule has 2 aliphatic heterocycles. The van der Waals surface area contributed by atoms with Crippen molar-refractivity contribution in [2.75, 3.05) is 0 Å². The number of pyridine rings is 1. The highest BCUT2D eigenvalue weighted by molar-refractivity contribution is 6.26. The van der Waals surface area contributed by atoms with Crippen LogP contribution in [-0.4, -0.2) is 22.5 Å². The standard InChI is InChI=1S/C18H12N2O4/c1-7-8(2)20-15(19-7)9-3-5-11-14-12(18(23)24-17(11)22)6-4-10(13(9)14)16(20)21/h3-8H,1-2H3. The van der Waals surface area contributed by atoms with E-state index >= 15 is 0 Å². The molecule has 0 N–H and O–H groups in total. The van der Waals surface area contributed by atoms with Gasteiger partial charge in [-0.2, -0.15) is 0 Å². The summed E-state index contributed by atoms with van der Waals surface area (Å²) in [6, 6.07) is 6.58. The van der Waals surface area contributed by atoms with E-state index in [2.05, 4.69) is 4.99 Å². The zero-order valence-corrected chi connectivity index (χ0v) is 13.0. The van der Waals surface area contributed by atoms with Gasteiger partial charge in [-0.05, 0) is 38.1 Å². The third-order valence-corrected chi connectivity index (χ3v) is 5.14. The second-order valence-corrected chi connectivity index (χ2v) is 6.36. The molecule has 0 bridgehead atoms. The Morgan fingerprint density at radius 3 is 2.21 bits per heavy atom. The summed E-state index contributed by atoms with van der Waals surface area (Å²) in [6.07, 6.45) is 0. The molecule has 2 aliphatic rings. The Morgan fingerprint density at radius 2 is 1.54 bits per heavy atom. The normalized spacial score (nSPS) is 21.9. The average Bonchev–Trinajstić information content (AvgIpc) is 2.86. The minimum Gasteiger partial charge on any atom is -0.386 e. The molecule has 5 rings (SSSR count). The number of cyclic esters (lactones) is 2. The van der Waals surface area contributed by atoms with Gasteiger partial charge in [-0.3, -0.25) is 14.4 Å². The third-order valence-electron chi connectivity index (χ3n) is 5.14. The van der Waals surface area contributed by atoms with Crippen LogP contribution in [0.15, 0.2) is 34.1 Å². The van der Waals surface area contributed by atoms with Gasteiger partial charge in [-0.25, -0.2) is 9.59 Å². The predicted molar refractivity (Wildman–Crippen MR) is 86.4 cm³/mol. The van der Waals surface area contributed by atoms with Crippen molar-refractivity contribution in [1.29, 1.82) is 0 Å². The molecular formula is C18H12N2O4. The Balaban J connectivity index is 2.13. The lowest BCUT2D eigenvalue weighted by molar-refractivity contribution is 0.0391. The summed E-state index contributed by atoms with van der Waals surface area (Å²) in [7, 11) is 0. The highest BCUT2D eigenvalue weighted by Crippen LogP contribution is 2.34. The van der Waals surface area contributed by atoms with Gasteiger partial charge < -0.3 is 4.74 Å². The fraction of sp³-hybridized carbons (Fsp3) is 0.222. The van der Waals surface area contributed by atoms with Crippen molar-refractivity contribution in [1.82, 2.24) is 4.57 Å². The van der Waals surface area contributed by atoms with E-state index in [4.69, 9.17) is 4.74 Å². The molecule has 0 spiro atoms. The van der Waals surface area contributed by atoms with Crippen LogP contribution in [-0.2, 0) is 4.74 Å². The van der Waals surface area contributed by atoms with Gasteiger partial charge in [0, 0.05) is 21.5 Å². The molecule has 0 radical (unpaired) electrons. The molecular weight excluding hydrogens is 308 g/mol. The van der Waals surface area contributed by atoms with Crippen molar-refractivity contribution < 1.29 is 14.3 Å². The molecule has 3 aromatic rings. The minimum absolute atomic E-state index is 0.00744. The fourth-order valence-corrected chi connectivity index (χ4v) is 3.78. The molecule has 3 heterocycles. The maximum absolute atomic E-state index is 13.0. The number of aromatic nitrogens is 1. The summed E-state index contributed by atoms with van der Waals surface area (Å²) >= 11 is 0. The maximum atomic E-state index is 13.0. The van der Waals surface area contributed by atoms with Crippen LogP contribution in [0.3, 0.4) is 0 Å². The van der Waals surface area contributed by atoms with E-state index in [1.165, 1.54) is 0 Å². The lowest BCUT2D eigenvalue weighted by Gasteiger charge is -2.18. The van der Waals surface area contributed by atoms with Crippen LogP contribution < -0.4 is 11.0 Å². The molecule has 0 saturated heterocycles. The fourth-order valence-electron chi connectivity index (χ4n) is 3.78. The highest BCUT2D eigenvalue weighted by Gasteiger charge is 2.31.